The summed E-state index contributed by atoms with van der Waals surface area (Å²) in [5.41, 5.74) is 4.19. The first-order valence-corrected chi connectivity index (χ1v) is 10.1. The van der Waals surface area contributed by atoms with Crippen LogP contribution in [0, 0.1) is 6.92 Å². The molecule has 0 saturated carbocycles. The Kier molecular flexibility index (Phi) is 7.78. The van der Waals surface area contributed by atoms with E-state index in [0.29, 0.717) is 23.6 Å². The summed E-state index contributed by atoms with van der Waals surface area (Å²) in [6.07, 6.45) is 0. The molecule has 0 spiro atoms. The smallest absolute Gasteiger partial charge is 0.343 e. The van der Waals surface area contributed by atoms with Crippen molar-refractivity contribution in [3.63, 3.8) is 0 Å². The van der Waals surface area contributed by atoms with E-state index in [-0.39, 0.29) is 13.2 Å². The molecule has 31 heavy (non-hydrogen) atoms. The number of hydrogen-bond donors (Lipinski definition) is 3. The van der Waals surface area contributed by atoms with Crippen LogP contribution in [-0.4, -0.2) is 42.5 Å². The van der Waals surface area contributed by atoms with E-state index in [4.69, 9.17) is 9.47 Å². The number of aliphatic hydroxyl groups is 2. The van der Waals surface area contributed by atoms with Crippen LogP contribution < -0.4 is 14.8 Å². The molecule has 0 radical (unpaired) electrons. The second-order valence-electron chi connectivity index (χ2n) is 7.15. The van der Waals surface area contributed by atoms with Crippen LogP contribution in [0.5, 0.6) is 11.5 Å². The molecular formula is C25H27NO5. The number of esters is 1. The van der Waals surface area contributed by atoms with Gasteiger partial charge in [-0.2, -0.15) is 0 Å². The van der Waals surface area contributed by atoms with Crippen molar-refractivity contribution in [2.24, 2.45) is 0 Å². The summed E-state index contributed by atoms with van der Waals surface area (Å²) in [6, 6.07) is 20.2. The fourth-order valence-electron chi connectivity index (χ4n) is 3.32. The van der Waals surface area contributed by atoms with E-state index >= 15 is 0 Å². The second kappa shape index (κ2) is 10.7. The Hall–Kier alpha value is -3.19. The highest BCUT2D eigenvalue weighted by Gasteiger charge is 2.16. The quantitative estimate of drug-likeness (QED) is 0.363. The minimum absolute atomic E-state index is 0.171. The summed E-state index contributed by atoms with van der Waals surface area (Å²) >= 11 is 0. The van der Waals surface area contributed by atoms with Gasteiger partial charge in [0.1, 0.15) is 11.5 Å². The molecule has 3 N–H and O–H groups in total. The minimum atomic E-state index is -0.441. The molecule has 0 bridgehead atoms. The summed E-state index contributed by atoms with van der Waals surface area (Å²) in [6.45, 7) is 1.96. The molecule has 6 heteroatoms. The summed E-state index contributed by atoms with van der Waals surface area (Å²) < 4.78 is 11.0. The number of rotatable bonds is 9. The Morgan fingerprint density at radius 1 is 1.00 bits per heavy atom. The van der Waals surface area contributed by atoms with E-state index in [9.17, 15) is 15.0 Å². The lowest BCUT2D eigenvalue weighted by molar-refractivity contribution is 0.0733. The number of benzene rings is 3. The van der Waals surface area contributed by atoms with Crippen molar-refractivity contribution in [2.75, 3.05) is 20.3 Å². The van der Waals surface area contributed by atoms with Gasteiger partial charge in [0.15, 0.2) is 0 Å². The van der Waals surface area contributed by atoms with Gasteiger partial charge in [0.25, 0.3) is 0 Å². The Bertz CT molecular complexity index is 1020. The summed E-state index contributed by atoms with van der Waals surface area (Å²) in [5, 5.41) is 21.4. The Balaban J connectivity index is 1.78. The first-order valence-electron chi connectivity index (χ1n) is 10.1. The van der Waals surface area contributed by atoms with Crippen molar-refractivity contribution in [1.82, 2.24) is 5.32 Å². The van der Waals surface area contributed by atoms with Crippen LogP contribution in [0.25, 0.3) is 11.1 Å². The Morgan fingerprint density at radius 3 is 2.42 bits per heavy atom. The van der Waals surface area contributed by atoms with Crippen LogP contribution in [0.2, 0.25) is 0 Å². The van der Waals surface area contributed by atoms with Crippen molar-refractivity contribution in [3.05, 3.63) is 83.4 Å². The Morgan fingerprint density at radius 2 is 1.74 bits per heavy atom. The highest BCUT2D eigenvalue weighted by atomic mass is 16.5. The lowest BCUT2D eigenvalue weighted by Gasteiger charge is -2.16. The molecule has 3 rings (SSSR count). The highest BCUT2D eigenvalue weighted by Crippen LogP contribution is 2.28. The van der Waals surface area contributed by atoms with Crippen molar-refractivity contribution >= 4 is 5.97 Å². The predicted octanol–water partition coefficient (Wildman–Crippen LogP) is 3.33. The van der Waals surface area contributed by atoms with Crippen molar-refractivity contribution in [2.45, 2.75) is 19.5 Å². The van der Waals surface area contributed by atoms with Gasteiger partial charge >= 0.3 is 5.97 Å². The average Bonchev–Trinajstić information content (AvgIpc) is 2.81. The first kappa shape index (κ1) is 22.5. The van der Waals surface area contributed by atoms with Crippen LogP contribution in [-0.2, 0) is 6.54 Å². The first-order chi connectivity index (χ1) is 15.1. The van der Waals surface area contributed by atoms with Crippen molar-refractivity contribution in [3.8, 4) is 22.6 Å². The molecule has 0 aliphatic carbocycles. The van der Waals surface area contributed by atoms with E-state index in [0.717, 1.165) is 22.3 Å². The molecule has 0 aliphatic heterocycles. The zero-order chi connectivity index (χ0) is 22.2. The van der Waals surface area contributed by atoms with Gasteiger partial charge in [-0.3, -0.25) is 0 Å². The van der Waals surface area contributed by atoms with E-state index in [1.807, 2.05) is 49.4 Å². The number of ether oxygens (including phenoxy) is 2. The van der Waals surface area contributed by atoms with Crippen LogP contribution >= 0.6 is 0 Å². The maximum atomic E-state index is 12.9. The topological polar surface area (TPSA) is 88.0 Å². The third-order valence-electron chi connectivity index (χ3n) is 5.13. The maximum absolute atomic E-state index is 12.9. The molecule has 0 saturated heterocycles. The van der Waals surface area contributed by atoms with Gasteiger partial charge in [0.2, 0.25) is 0 Å². The van der Waals surface area contributed by atoms with Crippen molar-refractivity contribution < 1.29 is 24.5 Å². The van der Waals surface area contributed by atoms with Gasteiger partial charge in [-0.25, -0.2) is 4.79 Å². The van der Waals surface area contributed by atoms with Gasteiger partial charge in [0, 0.05) is 18.2 Å². The van der Waals surface area contributed by atoms with Crippen LogP contribution in [0.15, 0.2) is 66.7 Å². The lowest BCUT2D eigenvalue weighted by Crippen LogP contribution is -2.35. The molecule has 162 valence electrons. The molecule has 3 aromatic carbocycles. The summed E-state index contributed by atoms with van der Waals surface area (Å²) in [7, 11) is 1.54. The van der Waals surface area contributed by atoms with Gasteiger partial charge in [-0.05, 0) is 35.7 Å². The molecular weight excluding hydrogens is 394 g/mol. The molecule has 0 fully saturated rings. The zero-order valence-corrected chi connectivity index (χ0v) is 17.7. The van der Waals surface area contributed by atoms with Crippen LogP contribution in [0.4, 0.5) is 0 Å². The molecule has 0 aromatic heterocycles. The molecule has 3 aromatic rings. The maximum Gasteiger partial charge on any atom is 0.343 e. The Labute approximate surface area is 182 Å². The number of carbonyl (C=O) groups excluding carboxylic acids is 1. The van der Waals surface area contributed by atoms with Gasteiger partial charge in [-0.1, -0.05) is 48.5 Å². The fourth-order valence-corrected chi connectivity index (χ4v) is 3.32. The third-order valence-corrected chi connectivity index (χ3v) is 5.13. The molecule has 0 atom stereocenters. The highest BCUT2D eigenvalue weighted by molar-refractivity contribution is 5.94. The number of aliphatic hydroxyl groups excluding tert-OH is 2. The number of nitrogens with one attached hydrogen (secondary N) is 1. The molecule has 0 aliphatic rings. The van der Waals surface area contributed by atoms with E-state index in [1.54, 1.807) is 24.3 Å². The van der Waals surface area contributed by atoms with E-state index in [1.165, 1.54) is 7.11 Å². The average molecular weight is 421 g/mol. The fraction of sp³-hybridized carbons (Fsp3) is 0.240. The van der Waals surface area contributed by atoms with Crippen LogP contribution in [0.3, 0.4) is 0 Å². The summed E-state index contributed by atoms with van der Waals surface area (Å²) in [4.78, 5) is 12.9. The number of carbonyl (C=O) groups is 1. The summed E-state index contributed by atoms with van der Waals surface area (Å²) in [5.74, 6) is 0.474. The minimum Gasteiger partial charge on any atom is -0.496 e. The SMILES string of the molecule is COc1cc(OC(=O)c2cccc(-c3ccccc3)c2C)ccc1CNC(CO)CO. The lowest BCUT2D eigenvalue weighted by atomic mass is 9.96. The van der Waals surface area contributed by atoms with Crippen LogP contribution in [0.1, 0.15) is 21.5 Å². The monoisotopic (exact) mass is 421 g/mol. The molecule has 0 heterocycles. The largest absolute Gasteiger partial charge is 0.496 e. The van der Waals surface area contributed by atoms with E-state index < -0.39 is 12.0 Å². The zero-order valence-electron chi connectivity index (χ0n) is 17.7. The second-order valence-corrected chi connectivity index (χ2v) is 7.15. The molecule has 6 nitrogen and oxygen atoms in total. The molecule has 0 unspecified atom stereocenters. The normalized spacial score (nSPS) is 10.9. The number of hydrogen-bond acceptors (Lipinski definition) is 6. The molecule has 0 amide bonds. The van der Waals surface area contributed by atoms with Gasteiger partial charge in [0.05, 0.1) is 31.9 Å². The van der Waals surface area contributed by atoms with Crippen molar-refractivity contribution in [1.29, 1.82) is 0 Å². The standard InChI is InChI=1S/C25H27NO5/c1-17-22(18-7-4-3-5-8-18)9-6-10-23(17)25(29)31-21-12-11-19(24(13-21)30-2)14-26-20(15-27)16-28/h3-13,20,26-28H,14-16H2,1-2H3. The van der Waals surface area contributed by atoms with Gasteiger partial charge < -0.3 is 25.0 Å². The number of methoxy groups -OCH3 is 1. The third kappa shape index (κ3) is 5.49. The van der Waals surface area contributed by atoms with Gasteiger partial charge in [-0.15, -0.1) is 0 Å². The predicted molar refractivity (Wildman–Crippen MR) is 119 cm³/mol. The van der Waals surface area contributed by atoms with E-state index in [2.05, 4.69) is 5.32 Å².